The van der Waals surface area contributed by atoms with Crippen molar-refractivity contribution in [2.75, 3.05) is 25.3 Å². The molecule has 33 heavy (non-hydrogen) atoms. The predicted octanol–water partition coefficient (Wildman–Crippen LogP) is 3.36. The fourth-order valence-electron chi connectivity index (χ4n) is 3.99. The van der Waals surface area contributed by atoms with Crippen LogP contribution in [0.25, 0.3) is 11.1 Å². The minimum atomic E-state index is -1.37. The highest BCUT2D eigenvalue weighted by atomic mass is 32.2. The Morgan fingerprint density at radius 1 is 0.970 bits per heavy atom. The second-order valence-electron chi connectivity index (χ2n) is 8.10. The van der Waals surface area contributed by atoms with E-state index in [4.69, 9.17) is 14.6 Å². The third-order valence-corrected chi connectivity index (χ3v) is 7.14. The van der Waals surface area contributed by atoms with E-state index in [0.29, 0.717) is 16.4 Å². The highest BCUT2D eigenvalue weighted by Crippen LogP contribution is 2.51. The van der Waals surface area contributed by atoms with E-state index in [0.717, 1.165) is 35.2 Å². The molecule has 0 bridgehead atoms. The Kier molecular flexibility index (Phi) is 5.88. The molecule has 1 unspecified atom stereocenters. The highest BCUT2D eigenvalue weighted by molar-refractivity contribution is 7.83. The highest BCUT2D eigenvalue weighted by Gasteiger charge is 2.51. The molecule has 1 fully saturated rings. The second-order valence-corrected chi connectivity index (χ2v) is 9.39. The molecule has 1 saturated carbocycles. The van der Waals surface area contributed by atoms with Crippen LogP contribution in [0.2, 0.25) is 0 Å². The van der Waals surface area contributed by atoms with Gasteiger partial charge in [0, 0.05) is 12.2 Å². The minimum Gasteiger partial charge on any atom is -0.454 e. The smallest absolute Gasteiger partial charge is 0.235 e. The molecule has 1 heterocycles. The summed E-state index contributed by atoms with van der Waals surface area (Å²) in [4.78, 5) is 13.8. The number of rotatable bonds is 8. The van der Waals surface area contributed by atoms with Crippen LogP contribution in [0, 0.1) is 0 Å². The molecule has 0 spiro atoms. The van der Waals surface area contributed by atoms with Crippen LogP contribution in [-0.2, 0) is 21.2 Å². The first-order valence-electron chi connectivity index (χ1n) is 10.8. The maximum Gasteiger partial charge on any atom is 0.235 e. The number of anilines is 1. The van der Waals surface area contributed by atoms with E-state index in [2.05, 4.69) is 10.0 Å². The molecular weight excluding hydrogens is 440 g/mol. The number of carbonyl (C=O) groups is 1. The van der Waals surface area contributed by atoms with E-state index in [9.17, 15) is 9.00 Å². The number of benzene rings is 3. The van der Waals surface area contributed by atoms with E-state index in [1.54, 1.807) is 12.1 Å². The topological polar surface area (TPSA) is 96.9 Å². The van der Waals surface area contributed by atoms with E-state index < -0.39 is 16.4 Å². The van der Waals surface area contributed by atoms with Crippen molar-refractivity contribution in [3.05, 3.63) is 72.3 Å². The monoisotopic (exact) mass is 464 g/mol. The number of hydrogen-bond acceptors (Lipinski definition) is 5. The van der Waals surface area contributed by atoms with Crippen molar-refractivity contribution in [1.82, 2.24) is 4.72 Å². The summed E-state index contributed by atoms with van der Waals surface area (Å²) >= 11 is 0. The zero-order valence-corrected chi connectivity index (χ0v) is 18.7. The Morgan fingerprint density at radius 2 is 1.76 bits per heavy atom. The van der Waals surface area contributed by atoms with Crippen LogP contribution in [0.4, 0.5) is 5.69 Å². The summed E-state index contributed by atoms with van der Waals surface area (Å²) in [7, 11) is -1.37. The van der Waals surface area contributed by atoms with Crippen molar-refractivity contribution in [3.63, 3.8) is 0 Å². The van der Waals surface area contributed by atoms with Gasteiger partial charge >= 0.3 is 0 Å². The second kappa shape index (κ2) is 8.97. The Balaban J connectivity index is 1.31. The molecule has 1 amide bonds. The molecule has 0 radical (unpaired) electrons. The van der Waals surface area contributed by atoms with Crippen molar-refractivity contribution >= 4 is 22.6 Å². The van der Waals surface area contributed by atoms with Gasteiger partial charge in [-0.05, 0) is 65.9 Å². The third-order valence-electron chi connectivity index (χ3n) is 5.98. The molecule has 3 aromatic carbocycles. The fourth-order valence-corrected chi connectivity index (χ4v) is 4.81. The van der Waals surface area contributed by atoms with Gasteiger partial charge in [0.2, 0.25) is 12.7 Å². The van der Waals surface area contributed by atoms with Crippen molar-refractivity contribution in [2.45, 2.75) is 23.2 Å². The molecular formula is C25H24N2O5S. The molecule has 2 aliphatic rings. The molecule has 0 saturated heterocycles. The van der Waals surface area contributed by atoms with Gasteiger partial charge in [-0.3, -0.25) is 4.79 Å². The molecule has 170 valence electrons. The number of nitrogens with one attached hydrogen (secondary N) is 2. The lowest BCUT2D eigenvalue weighted by Crippen LogP contribution is -2.27. The number of amides is 1. The van der Waals surface area contributed by atoms with E-state index in [1.807, 2.05) is 54.6 Å². The number of aliphatic hydroxyl groups excluding tert-OH is 1. The van der Waals surface area contributed by atoms with Crippen molar-refractivity contribution < 1.29 is 23.6 Å². The molecule has 1 aliphatic carbocycles. The first-order valence-corrected chi connectivity index (χ1v) is 11.9. The number of aliphatic hydroxyl groups is 1. The standard InChI is InChI=1S/C25H24N2O5S/c28-13-12-26-33(30)21-7-4-17(5-8-21)18-2-1-3-20(14-18)27-24(29)25(10-11-25)19-6-9-22-23(15-19)32-16-31-22/h1-9,14-15,26,28H,10-13,16H2,(H,27,29). The number of fused-ring (bicyclic) bond motifs is 1. The zero-order chi connectivity index (χ0) is 22.8. The molecule has 3 N–H and O–H groups in total. The average Bonchev–Trinajstić information content (AvgIpc) is 3.53. The summed E-state index contributed by atoms with van der Waals surface area (Å²) < 4.78 is 25.7. The van der Waals surface area contributed by atoms with Gasteiger partial charge in [-0.15, -0.1) is 0 Å². The molecule has 3 aromatic rings. The number of ether oxygens (including phenoxy) is 2. The molecule has 8 heteroatoms. The van der Waals surface area contributed by atoms with Gasteiger partial charge in [-0.2, -0.15) is 0 Å². The van der Waals surface area contributed by atoms with Crippen LogP contribution in [0.3, 0.4) is 0 Å². The molecule has 1 aliphatic heterocycles. The van der Waals surface area contributed by atoms with Gasteiger partial charge in [-0.25, -0.2) is 8.93 Å². The molecule has 5 rings (SSSR count). The summed E-state index contributed by atoms with van der Waals surface area (Å²) in [5, 5.41) is 11.9. The van der Waals surface area contributed by atoms with E-state index in [1.165, 1.54) is 0 Å². The summed E-state index contributed by atoms with van der Waals surface area (Å²) in [5.41, 5.74) is 3.03. The average molecular weight is 465 g/mol. The van der Waals surface area contributed by atoms with Crippen molar-refractivity contribution in [1.29, 1.82) is 0 Å². The Hall–Kier alpha value is -3.20. The maximum atomic E-state index is 13.2. The SMILES string of the molecule is O=C(Nc1cccc(-c2ccc(S(=O)NCCO)cc2)c1)C1(c2ccc3c(c2)OCO3)CC1. The summed E-state index contributed by atoms with van der Waals surface area (Å²) in [5.74, 6) is 1.37. The zero-order valence-electron chi connectivity index (χ0n) is 17.9. The number of carbonyl (C=O) groups excluding carboxylic acids is 1. The van der Waals surface area contributed by atoms with Gasteiger partial charge in [0.25, 0.3) is 0 Å². The van der Waals surface area contributed by atoms with Gasteiger partial charge in [0.05, 0.1) is 16.9 Å². The van der Waals surface area contributed by atoms with Crippen LogP contribution in [0.15, 0.2) is 71.6 Å². The molecule has 0 aromatic heterocycles. The van der Waals surface area contributed by atoms with Gasteiger partial charge in [0.15, 0.2) is 11.5 Å². The molecule has 1 atom stereocenters. The van der Waals surface area contributed by atoms with Crippen molar-refractivity contribution in [2.24, 2.45) is 0 Å². The van der Waals surface area contributed by atoms with Crippen LogP contribution < -0.4 is 19.5 Å². The Morgan fingerprint density at radius 3 is 2.52 bits per heavy atom. The fraction of sp³-hybridized carbons (Fsp3) is 0.240. The van der Waals surface area contributed by atoms with E-state index in [-0.39, 0.29) is 25.9 Å². The van der Waals surface area contributed by atoms with Gasteiger partial charge in [0.1, 0.15) is 11.0 Å². The van der Waals surface area contributed by atoms with Crippen LogP contribution in [0.5, 0.6) is 11.5 Å². The largest absolute Gasteiger partial charge is 0.454 e. The molecule has 7 nitrogen and oxygen atoms in total. The first-order chi connectivity index (χ1) is 16.1. The summed E-state index contributed by atoms with van der Waals surface area (Å²) in [6.07, 6.45) is 1.59. The lowest BCUT2D eigenvalue weighted by molar-refractivity contribution is -0.118. The predicted molar refractivity (Wildman–Crippen MR) is 125 cm³/mol. The Bertz CT molecular complexity index is 1210. The van der Waals surface area contributed by atoms with E-state index >= 15 is 0 Å². The summed E-state index contributed by atoms with van der Waals surface area (Å²) in [6.45, 7) is 0.406. The first kappa shape index (κ1) is 21.6. The maximum absolute atomic E-state index is 13.2. The van der Waals surface area contributed by atoms with Crippen LogP contribution in [0.1, 0.15) is 18.4 Å². The van der Waals surface area contributed by atoms with Crippen LogP contribution in [-0.4, -0.2) is 35.2 Å². The Labute approximate surface area is 194 Å². The third kappa shape index (κ3) is 4.37. The van der Waals surface area contributed by atoms with Gasteiger partial charge < -0.3 is 19.9 Å². The van der Waals surface area contributed by atoms with Gasteiger partial charge in [-0.1, -0.05) is 30.3 Å². The van der Waals surface area contributed by atoms with Crippen molar-refractivity contribution in [3.8, 4) is 22.6 Å². The lowest BCUT2D eigenvalue weighted by atomic mass is 9.94. The number of hydrogen-bond donors (Lipinski definition) is 3. The normalized spacial score (nSPS) is 16.3. The quantitative estimate of drug-likeness (QED) is 0.475. The summed E-state index contributed by atoms with van der Waals surface area (Å²) in [6, 6.07) is 20.8. The van der Waals surface area contributed by atoms with Crippen LogP contribution >= 0.6 is 0 Å². The lowest BCUT2D eigenvalue weighted by Gasteiger charge is -2.17. The minimum absolute atomic E-state index is 0.0285.